The molecule has 3 aromatic rings. The number of imidazole rings is 1. The van der Waals surface area contributed by atoms with Crippen LogP contribution in [0.4, 0.5) is 14.7 Å². The maximum absolute atomic E-state index is 14.0. The molecule has 3 nitrogen and oxygen atoms in total. The van der Waals surface area contributed by atoms with E-state index < -0.39 is 5.82 Å². The van der Waals surface area contributed by atoms with E-state index in [1.165, 1.54) is 16.7 Å². The molecule has 20 heavy (non-hydrogen) atoms. The van der Waals surface area contributed by atoms with Gasteiger partial charge in [0.2, 0.25) is 5.95 Å². The number of nitrogens with zero attached hydrogens (tertiary/aromatic N) is 2. The van der Waals surface area contributed by atoms with E-state index in [1.807, 2.05) is 6.92 Å². The Labute approximate surface area is 114 Å². The van der Waals surface area contributed by atoms with Crippen LogP contribution in [0.1, 0.15) is 11.1 Å². The summed E-state index contributed by atoms with van der Waals surface area (Å²) < 4.78 is 29.1. The summed E-state index contributed by atoms with van der Waals surface area (Å²) in [5.74, 6) is -0.620. The van der Waals surface area contributed by atoms with E-state index in [-0.39, 0.29) is 11.8 Å². The zero-order valence-electron chi connectivity index (χ0n) is 11.1. The Morgan fingerprint density at radius 3 is 2.55 bits per heavy atom. The fraction of sp³-hybridized carbons (Fsp3) is 0.133. The number of rotatable bonds is 1. The van der Waals surface area contributed by atoms with Gasteiger partial charge >= 0.3 is 0 Å². The highest BCUT2D eigenvalue weighted by molar-refractivity contribution is 5.81. The molecule has 2 N–H and O–H groups in total. The van der Waals surface area contributed by atoms with Gasteiger partial charge in [0, 0.05) is 6.07 Å². The molecule has 0 bridgehead atoms. The van der Waals surface area contributed by atoms with Crippen molar-refractivity contribution in [3.63, 3.8) is 0 Å². The third-order valence-corrected chi connectivity index (χ3v) is 3.30. The molecule has 0 atom stereocenters. The molecule has 0 saturated carbocycles. The van der Waals surface area contributed by atoms with Crippen molar-refractivity contribution in [2.75, 3.05) is 5.73 Å². The van der Waals surface area contributed by atoms with Crippen LogP contribution in [0.5, 0.6) is 0 Å². The van der Waals surface area contributed by atoms with Crippen LogP contribution in [0.3, 0.4) is 0 Å². The van der Waals surface area contributed by atoms with E-state index in [0.717, 1.165) is 5.56 Å². The average molecular weight is 273 g/mol. The van der Waals surface area contributed by atoms with Gasteiger partial charge in [0.15, 0.2) is 0 Å². The van der Waals surface area contributed by atoms with Gasteiger partial charge in [-0.3, -0.25) is 4.57 Å². The second kappa shape index (κ2) is 4.30. The first kappa shape index (κ1) is 12.6. The molecule has 0 fully saturated rings. The number of hydrogen-bond acceptors (Lipinski definition) is 2. The molecule has 1 heterocycles. The highest BCUT2D eigenvalue weighted by Crippen LogP contribution is 2.27. The lowest BCUT2D eigenvalue weighted by molar-refractivity contribution is 0.618. The molecular formula is C15H13F2N3. The summed E-state index contributed by atoms with van der Waals surface area (Å²) in [5.41, 5.74) is 8.55. The minimum absolute atomic E-state index is 0.134. The highest BCUT2D eigenvalue weighted by Gasteiger charge is 2.15. The number of aryl methyl sites for hydroxylation is 2. The minimum Gasteiger partial charge on any atom is -0.369 e. The predicted octanol–water partition coefficient (Wildman–Crippen LogP) is 3.50. The summed E-state index contributed by atoms with van der Waals surface area (Å²) >= 11 is 0. The van der Waals surface area contributed by atoms with Crippen LogP contribution < -0.4 is 5.73 Å². The molecular weight excluding hydrogens is 260 g/mol. The Morgan fingerprint density at radius 1 is 1.05 bits per heavy atom. The van der Waals surface area contributed by atoms with Crippen molar-refractivity contribution in [2.45, 2.75) is 13.8 Å². The topological polar surface area (TPSA) is 43.8 Å². The molecule has 1 aromatic heterocycles. The minimum atomic E-state index is -0.399. The van der Waals surface area contributed by atoms with Crippen LogP contribution >= 0.6 is 0 Å². The second-order valence-corrected chi connectivity index (χ2v) is 4.85. The number of benzene rings is 2. The van der Waals surface area contributed by atoms with Crippen molar-refractivity contribution in [3.05, 3.63) is 53.1 Å². The van der Waals surface area contributed by atoms with Crippen LogP contribution in [0.15, 0.2) is 30.3 Å². The molecule has 0 radical (unpaired) electrons. The van der Waals surface area contributed by atoms with Crippen molar-refractivity contribution < 1.29 is 8.78 Å². The number of hydrogen-bond donors (Lipinski definition) is 1. The van der Waals surface area contributed by atoms with Crippen LogP contribution in [-0.4, -0.2) is 9.55 Å². The van der Waals surface area contributed by atoms with Crippen LogP contribution in [0.2, 0.25) is 0 Å². The summed E-state index contributed by atoms with van der Waals surface area (Å²) in [6, 6.07) is 7.68. The van der Waals surface area contributed by atoms with Gasteiger partial charge in [0.05, 0.1) is 16.7 Å². The Bertz CT molecular complexity index is 822. The first-order valence-corrected chi connectivity index (χ1v) is 6.18. The predicted molar refractivity (Wildman–Crippen MR) is 74.9 cm³/mol. The molecule has 0 saturated heterocycles. The fourth-order valence-corrected chi connectivity index (χ4v) is 2.27. The van der Waals surface area contributed by atoms with Crippen LogP contribution in [0.25, 0.3) is 16.7 Å². The van der Waals surface area contributed by atoms with Crippen molar-refractivity contribution >= 4 is 17.0 Å². The summed E-state index contributed by atoms with van der Waals surface area (Å²) in [6.07, 6.45) is 0. The number of aromatic nitrogens is 2. The average Bonchev–Trinajstić information content (AvgIpc) is 2.69. The molecule has 0 spiro atoms. The summed E-state index contributed by atoms with van der Waals surface area (Å²) in [4.78, 5) is 4.10. The van der Waals surface area contributed by atoms with E-state index in [2.05, 4.69) is 4.98 Å². The zero-order chi connectivity index (χ0) is 14.4. The molecule has 0 amide bonds. The van der Waals surface area contributed by atoms with Gasteiger partial charge < -0.3 is 5.73 Å². The molecule has 3 rings (SSSR count). The largest absolute Gasteiger partial charge is 0.369 e. The summed E-state index contributed by atoms with van der Waals surface area (Å²) in [5, 5.41) is 0. The van der Waals surface area contributed by atoms with Crippen LogP contribution in [0, 0.1) is 25.5 Å². The number of nitrogens with two attached hydrogens (primary N) is 1. The van der Waals surface area contributed by atoms with Gasteiger partial charge in [-0.2, -0.15) is 0 Å². The van der Waals surface area contributed by atoms with Crippen LogP contribution in [-0.2, 0) is 0 Å². The number of fused-ring (bicyclic) bond motifs is 1. The van der Waals surface area contributed by atoms with Gasteiger partial charge in [0.25, 0.3) is 0 Å². The highest BCUT2D eigenvalue weighted by atomic mass is 19.1. The second-order valence-electron chi connectivity index (χ2n) is 4.85. The molecule has 0 aliphatic rings. The van der Waals surface area contributed by atoms with Gasteiger partial charge in [0.1, 0.15) is 11.6 Å². The fourth-order valence-electron chi connectivity index (χ4n) is 2.27. The number of halogens is 2. The third kappa shape index (κ3) is 1.82. The maximum Gasteiger partial charge on any atom is 0.206 e. The number of nitrogen functional groups attached to an aromatic ring is 1. The quantitative estimate of drug-likeness (QED) is 0.737. The van der Waals surface area contributed by atoms with Crippen molar-refractivity contribution in [1.29, 1.82) is 0 Å². The van der Waals surface area contributed by atoms with Gasteiger partial charge in [-0.1, -0.05) is 6.07 Å². The first-order chi connectivity index (χ1) is 9.47. The molecule has 0 unspecified atom stereocenters. The lowest BCUT2D eigenvalue weighted by atomic mass is 10.2. The SMILES string of the molecule is Cc1ccc(F)c(-n2c(N)nc3cc(F)c(C)cc32)c1. The van der Waals surface area contributed by atoms with Crippen molar-refractivity contribution in [2.24, 2.45) is 0 Å². The Kier molecular flexibility index (Phi) is 2.71. The summed E-state index contributed by atoms with van der Waals surface area (Å²) in [7, 11) is 0. The lowest BCUT2D eigenvalue weighted by Gasteiger charge is -2.09. The first-order valence-electron chi connectivity index (χ1n) is 6.18. The Balaban J connectivity index is 2.38. The lowest BCUT2D eigenvalue weighted by Crippen LogP contribution is -2.03. The molecule has 0 aliphatic carbocycles. The van der Waals surface area contributed by atoms with E-state index in [1.54, 1.807) is 25.1 Å². The molecule has 5 heteroatoms. The molecule has 0 aliphatic heterocycles. The van der Waals surface area contributed by atoms with E-state index in [0.29, 0.717) is 22.3 Å². The standard InChI is InChI=1S/C15H13F2N3/c1-8-3-4-10(16)13(5-8)20-14-6-9(2)11(17)7-12(14)19-15(20)18/h3-7H,1-2H3,(H2,18,19). The smallest absolute Gasteiger partial charge is 0.206 e. The summed E-state index contributed by atoms with van der Waals surface area (Å²) in [6.45, 7) is 3.51. The van der Waals surface area contributed by atoms with Crippen molar-refractivity contribution in [3.8, 4) is 5.69 Å². The Hall–Kier alpha value is -2.43. The monoisotopic (exact) mass is 273 g/mol. The zero-order valence-corrected chi connectivity index (χ0v) is 11.1. The van der Waals surface area contributed by atoms with Gasteiger partial charge in [-0.05, 0) is 43.2 Å². The van der Waals surface area contributed by atoms with Crippen molar-refractivity contribution in [1.82, 2.24) is 9.55 Å². The molecule has 102 valence electrons. The Morgan fingerprint density at radius 2 is 1.80 bits per heavy atom. The molecule has 2 aromatic carbocycles. The number of anilines is 1. The normalized spacial score (nSPS) is 11.2. The van der Waals surface area contributed by atoms with Gasteiger partial charge in [-0.25, -0.2) is 13.8 Å². The van der Waals surface area contributed by atoms with E-state index >= 15 is 0 Å². The van der Waals surface area contributed by atoms with E-state index in [9.17, 15) is 8.78 Å². The maximum atomic E-state index is 14.0. The van der Waals surface area contributed by atoms with E-state index in [4.69, 9.17) is 5.73 Å². The van der Waals surface area contributed by atoms with Gasteiger partial charge in [-0.15, -0.1) is 0 Å². The third-order valence-electron chi connectivity index (χ3n) is 3.30.